The third-order valence-electron chi connectivity index (χ3n) is 3.66. The van der Waals surface area contributed by atoms with Crippen LogP contribution in [-0.4, -0.2) is 15.0 Å². The van der Waals surface area contributed by atoms with Gasteiger partial charge in [-0.05, 0) is 29.3 Å². The Balaban J connectivity index is 1.80. The molecule has 1 aromatic carbocycles. The van der Waals surface area contributed by atoms with Crippen LogP contribution in [0.2, 0.25) is 0 Å². The Labute approximate surface area is 152 Å². The van der Waals surface area contributed by atoms with E-state index in [2.05, 4.69) is 15.0 Å². The molecule has 0 aliphatic carbocycles. The molecule has 4 nitrogen and oxygen atoms in total. The normalized spacial score (nSPS) is 11.8. The van der Waals surface area contributed by atoms with E-state index in [-0.39, 0.29) is 5.56 Å². The van der Waals surface area contributed by atoms with E-state index in [4.69, 9.17) is 11.6 Å². The second kappa shape index (κ2) is 6.63. The summed E-state index contributed by atoms with van der Waals surface area (Å²) in [6.45, 7) is 0. The van der Waals surface area contributed by atoms with Gasteiger partial charge in [-0.25, -0.2) is 4.98 Å². The van der Waals surface area contributed by atoms with Gasteiger partial charge in [0, 0.05) is 17.3 Å². The number of benzene rings is 1. The van der Waals surface area contributed by atoms with Crippen LogP contribution in [-0.2, 0) is 0 Å². The standard InChI is InChI=1S/C19H12ClN3OS/c20-15(9-12-5-4-8-21-11-12)17-22-18(24)14-10-16(25-19(14)23-17)13-6-2-1-3-7-13/h1-11H,(H,22,23,24)/b15-9+. The van der Waals surface area contributed by atoms with Crippen LogP contribution in [0.5, 0.6) is 0 Å². The second-order valence-corrected chi connectivity index (χ2v) is 6.83. The highest BCUT2D eigenvalue weighted by Gasteiger charge is 2.11. The van der Waals surface area contributed by atoms with Gasteiger partial charge in [-0.3, -0.25) is 9.78 Å². The number of halogens is 1. The van der Waals surface area contributed by atoms with Crippen molar-refractivity contribution < 1.29 is 0 Å². The molecule has 4 aromatic rings. The molecule has 0 bridgehead atoms. The van der Waals surface area contributed by atoms with Gasteiger partial charge in [0.2, 0.25) is 0 Å². The minimum atomic E-state index is -0.198. The Morgan fingerprint density at radius 2 is 2.00 bits per heavy atom. The molecule has 0 fully saturated rings. The van der Waals surface area contributed by atoms with Gasteiger partial charge in [-0.15, -0.1) is 11.3 Å². The monoisotopic (exact) mass is 365 g/mol. The van der Waals surface area contributed by atoms with Crippen molar-refractivity contribution in [3.05, 3.63) is 82.7 Å². The van der Waals surface area contributed by atoms with Gasteiger partial charge >= 0.3 is 0 Å². The number of aromatic nitrogens is 3. The summed E-state index contributed by atoms with van der Waals surface area (Å²) in [5.74, 6) is 0.351. The lowest BCUT2D eigenvalue weighted by atomic mass is 10.2. The summed E-state index contributed by atoms with van der Waals surface area (Å²) in [5.41, 5.74) is 1.70. The molecule has 0 atom stereocenters. The zero-order chi connectivity index (χ0) is 17.2. The fraction of sp³-hybridized carbons (Fsp3) is 0. The molecule has 0 aliphatic rings. The highest BCUT2D eigenvalue weighted by atomic mass is 35.5. The first-order chi connectivity index (χ1) is 12.2. The molecule has 3 aromatic heterocycles. The largest absolute Gasteiger partial charge is 0.305 e. The van der Waals surface area contributed by atoms with E-state index in [0.717, 1.165) is 16.0 Å². The second-order valence-electron chi connectivity index (χ2n) is 5.39. The minimum absolute atomic E-state index is 0.198. The first kappa shape index (κ1) is 15.7. The van der Waals surface area contributed by atoms with E-state index in [0.29, 0.717) is 21.1 Å². The molecule has 0 unspecified atom stereocenters. The SMILES string of the molecule is O=c1[nH]c(/C(Cl)=C\c2cccnc2)nc2sc(-c3ccccc3)cc12. The van der Waals surface area contributed by atoms with Crippen molar-refractivity contribution in [1.29, 1.82) is 0 Å². The van der Waals surface area contributed by atoms with Crippen molar-refractivity contribution in [2.24, 2.45) is 0 Å². The number of rotatable bonds is 3. The number of fused-ring (bicyclic) bond motifs is 1. The van der Waals surface area contributed by atoms with Gasteiger partial charge in [0.1, 0.15) is 4.83 Å². The first-order valence-corrected chi connectivity index (χ1v) is 8.77. The quantitative estimate of drug-likeness (QED) is 0.568. The van der Waals surface area contributed by atoms with E-state index in [1.165, 1.54) is 11.3 Å². The summed E-state index contributed by atoms with van der Waals surface area (Å²) >= 11 is 7.82. The number of nitrogens with zero attached hydrogens (tertiary/aromatic N) is 2. The van der Waals surface area contributed by atoms with E-state index >= 15 is 0 Å². The van der Waals surface area contributed by atoms with Gasteiger partial charge < -0.3 is 4.98 Å². The van der Waals surface area contributed by atoms with Crippen LogP contribution in [0.15, 0.2) is 65.7 Å². The number of thiophene rings is 1. The number of H-pyrrole nitrogens is 1. The molecule has 0 radical (unpaired) electrons. The maximum atomic E-state index is 12.4. The average molecular weight is 366 g/mol. The van der Waals surface area contributed by atoms with Crippen molar-refractivity contribution >= 4 is 44.3 Å². The molecule has 0 spiro atoms. The molecule has 6 heteroatoms. The van der Waals surface area contributed by atoms with Crippen molar-refractivity contribution in [1.82, 2.24) is 15.0 Å². The van der Waals surface area contributed by atoms with Crippen molar-refractivity contribution in [3.63, 3.8) is 0 Å². The summed E-state index contributed by atoms with van der Waals surface area (Å²) < 4.78 is 0. The predicted octanol–water partition coefficient (Wildman–Crippen LogP) is 4.78. The smallest absolute Gasteiger partial charge is 0.259 e. The lowest BCUT2D eigenvalue weighted by molar-refractivity contribution is 1.14. The summed E-state index contributed by atoms with van der Waals surface area (Å²) in [5, 5.41) is 0.931. The maximum absolute atomic E-state index is 12.4. The van der Waals surface area contributed by atoms with E-state index in [1.807, 2.05) is 48.5 Å². The van der Waals surface area contributed by atoms with E-state index in [1.54, 1.807) is 18.5 Å². The number of pyridine rings is 1. The van der Waals surface area contributed by atoms with Gasteiger partial charge in [-0.1, -0.05) is 48.0 Å². The molecule has 4 rings (SSSR count). The minimum Gasteiger partial charge on any atom is -0.305 e. The maximum Gasteiger partial charge on any atom is 0.259 e. The van der Waals surface area contributed by atoms with Crippen molar-refractivity contribution in [3.8, 4) is 10.4 Å². The van der Waals surface area contributed by atoms with Crippen molar-refractivity contribution in [2.45, 2.75) is 0 Å². The Hall–Kier alpha value is -2.76. The third-order valence-corrected chi connectivity index (χ3v) is 5.03. The highest BCUT2D eigenvalue weighted by Crippen LogP contribution is 2.31. The Morgan fingerprint density at radius 3 is 2.76 bits per heavy atom. The van der Waals surface area contributed by atoms with Crippen molar-refractivity contribution in [2.75, 3.05) is 0 Å². The molecule has 3 heterocycles. The number of nitrogens with one attached hydrogen (secondary N) is 1. The topological polar surface area (TPSA) is 58.6 Å². The third kappa shape index (κ3) is 3.24. The van der Waals surface area contributed by atoms with Gasteiger partial charge in [0.25, 0.3) is 5.56 Å². The highest BCUT2D eigenvalue weighted by molar-refractivity contribution is 7.21. The van der Waals surface area contributed by atoms with Crippen LogP contribution in [0.25, 0.3) is 31.8 Å². The molecule has 25 heavy (non-hydrogen) atoms. The van der Waals surface area contributed by atoms with Crippen LogP contribution in [0, 0.1) is 0 Å². The number of aromatic amines is 1. The Morgan fingerprint density at radius 1 is 1.16 bits per heavy atom. The molecule has 0 saturated carbocycles. The lowest BCUT2D eigenvalue weighted by Gasteiger charge is -1.99. The predicted molar refractivity (Wildman–Crippen MR) is 104 cm³/mol. The van der Waals surface area contributed by atoms with Gasteiger partial charge in [0.05, 0.1) is 10.4 Å². The summed E-state index contributed by atoms with van der Waals surface area (Å²) in [6, 6.07) is 15.5. The molecule has 0 saturated heterocycles. The van der Waals surface area contributed by atoms with Crippen LogP contribution in [0.4, 0.5) is 0 Å². The Bertz CT molecular complexity index is 1120. The number of hydrogen-bond acceptors (Lipinski definition) is 4. The molecular formula is C19H12ClN3OS. The molecular weight excluding hydrogens is 354 g/mol. The van der Waals surface area contributed by atoms with E-state index < -0.39 is 0 Å². The molecule has 1 N–H and O–H groups in total. The number of hydrogen-bond donors (Lipinski definition) is 1. The van der Waals surface area contributed by atoms with Crippen LogP contribution in [0.1, 0.15) is 11.4 Å². The summed E-state index contributed by atoms with van der Waals surface area (Å²) in [6.07, 6.45) is 5.11. The average Bonchev–Trinajstić information content (AvgIpc) is 3.08. The first-order valence-electron chi connectivity index (χ1n) is 7.57. The van der Waals surface area contributed by atoms with Gasteiger partial charge in [-0.2, -0.15) is 0 Å². The van der Waals surface area contributed by atoms with Crippen LogP contribution < -0.4 is 5.56 Å². The zero-order valence-corrected chi connectivity index (χ0v) is 14.5. The lowest BCUT2D eigenvalue weighted by Crippen LogP contribution is -2.09. The molecule has 122 valence electrons. The van der Waals surface area contributed by atoms with Crippen LogP contribution in [0.3, 0.4) is 0 Å². The molecule has 0 aliphatic heterocycles. The van der Waals surface area contributed by atoms with Crippen LogP contribution >= 0.6 is 22.9 Å². The van der Waals surface area contributed by atoms with E-state index in [9.17, 15) is 4.79 Å². The summed E-state index contributed by atoms with van der Waals surface area (Å²) in [4.78, 5) is 25.4. The molecule has 0 amide bonds. The van der Waals surface area contributed by atoms with Gasteiger partial charge in [0.15, 0.2) is 5.82 Å². The summed E-state index contributed by atoms with van der Waals surface area (Å²) in [7, 11) is 0. The Kier molecular flexibility index (Phi) is 4.17. The fourth-order valence-electron chi connectivity index (χ4n) is 2.47. The zero-order valence-electron chi connectivity index (χ0n) is 12.9. The fourth-order valence-corrected chi connectivity index (χ4v) is 3.72.